The lowest BCUT2D eigenvalue weighted by atomic mass is 9.77. The van der Waals surface area contributed by atoms with Crippen molar-refractivity contribution < 1.29 is 4.42 Å². The highest BCUT2D eigenvalue weighted by atomic mass is 16.3. The number of aryl methyl sites for hydroxylation is 2. The summed E-state index contributed by atoms with van der Waals surface area (Å²) in [6.07, 6.45) is 4.12. The molecule has 0 aliphatic heterocycles. The van der Waals surface area contributed by atoms with Crippen molar-refractivity contribution in [3.63, 3.8) is 0 Å². The number of hydrogen-bond donors (Lipinski definition) is 1. The third kappa shape index (κ3) is 2.10. The van der Waals surface area contributed by atoms with Gasteiger partial charge in [-0.15, -0.1) is 0 Å². The van der Waals surface area contributed by atoms with Crippen LogP contribution in [0.1, 0.15) is 49.3 Å². The van der Waals surface area contributed by atoms with Crippen LogP contribution in [0.4, 0.5) is 0 Å². The molecular formula is C13H21NO. The fourth-order valence-corrected chi connectivity index (χ4v) is 2.48. The summed E-state index contributed by atoms with van der Waals surface area (Å²) in [5, 5.41) is 3.60. The number of hydrogen-bond acceptors (Lipinski definition) is 2. The maximum atomic E-state index is 5.62. The van der Waals surface area contributed by atoms with Gasteiger partial charge in [0.05, 0.1) is 0 Å². The van der Waals surface area contributed by atoms with E-state index in [1.807, 2.05) is 6.92 Å². The van der Waals surface area contributed by atoms with E-state index in [4.69, 9.17) is 4.42 Å². The first-order valence-electron chi connectivity index (χ1n) is 6.02. The second-order valence-electron chi connectivity index (χ2n) is 4.59. The monoisotopic (exact) mass is 207 g/mol. The van der Waals surface area contributed by atoms with Crippen LogP contribution in [0, 0.1) is 19.8 Å². The Bertz CT molecular complexity index is 325. The Morgan fingerprint density at radius 2 is 2.20 bits per heavy atom. The molecule has 1 aliphatic rings. The number of nitrogens with one attached hydrogen (secondary N) is 1. The van der Waals surface area contributed by atoms with Gasteiger partial charge in [-0.25, -0.2) is 0 Å². The Kier molecular flexibility index (Phi) is 3.15. The van der Waals surface area contributed by atoms with Crippen molar-refractivity contribution in [1.82, 2.24) is 5.32 Å². The van der Waals surface area contributed by atoms with Crippen LogP contribution in [0.5, 0.6) is 0 Å². The topological polar surface area (TPSA) is 25.2 Å². The maximum Gasteiger partial charge on any atom is 0.105 e. The largest absolute Gasteiger partial charge is 0.466 e. The molecule has 0 saturated heterocycles. The molecule has 0 bridgehead atoms. The third-order valence-corrected chi connectivity index (χ3v) is 3.46. The Morgan fingerprint density at radius 3 is 2.60 bits per heavy atom. The van der Waals surface area contributed by atoms with Gasteiger partial charge >= 0.3 is 0 Å². The molecule has 0 radical (unpaired) electrons. The molecule has 1 aromatic heterocycles. The van der Waals surface area contributed by atoms with E-state index in [9.17, 15) is 0 Å². The van der Waals surface area contributed by atoms with E-state index in [2.05, 4.69) is 25.2 Å². The quantitative estimate of drug-likeness (QED) is 0.819. The molecule has 0 spiro atoms. The summed E-state index contributed by atoms with van der Waals surface area (Å²) in [5.74, 6) is 2.94. The smallest absolute Gasteiger partial charge is 0.105 e. The van der Waals surface area contributed by atoms with Crippen LogP contribution >= 0.6 is 0 Å². The highest BCUT2D eigenvalue weighted by Crippen LogP contribution is 2.39. The second-order valence-corrected chi connectivity index (χ2v) is 4.59. The summed E-state index contributed by atoms with van der Waals surface area (Å²) >= 11 is 0. The lowest BCUT2D eigenvalue weighted by Gasteiger charge is -2.34. The molecule has 2 heteroatoms. The zero-order valence-corrected chi connectivity index (χ0v) is 9.97. The minimum Gasteiger partial charge on any atom is -0.466 e. The van der Waals surface area contributed by atoms with Gasteiger partial charge in [-0.05, 0) is 45.2 Å². The lowest BCUT2D eigenvalue weighted by Crippen LogP contribution is -2.32. The summed E-state index contributed by atoms with van der Waals surface area (Å²) in [6, 6.07) is 2.71. The van der Waals surface area contributed by atoms with E-state index in [0.717, 1.165) is 24.0 Å². The van der Waals surface area contributed by atoms with Crippen molar-refractivity contribution in [2.45, 2.75) is 46.1 Å². The van der Waals surface area contributed by atoms with Crippen molar-refractivity contribution in [1.29, 1.82) is 0 Å². The first-order chi connectivity index (χ1) is 7.22. The normalized spacial score (nSPS) is 18.9. The fraction of sp³-hybridized carbons (Fsp3) is 0.692. The Morgan fingerprint density at radius 1 is 1.47 bits per heavy atom. The molecule has 1 aliphatic carbocycles. The summed E-state index contributed by atoms with van der Waals surface area (Å²) < 4.78 is 5.62. The van der Waals surface area contributed by atoms with Gasteiger partial charge in [-0.1, -0.05) is 13.3 Å². The molecule has 15 heavy (non-hydrogen) atoms. The van der Waals surface area contributed by atoms with Crippen LogP contribution in [-0.4, -0.2) is 6.54 Å². The highest BCUT2D eigenvalue weighted by Gasteiger charge is 2.29. The van der Waals surface area contributed by atoms with Gasteiger partial charge in [0.2, 0.25) is 0 Å². The first kappa shape index (κ1) is 10.7. The van der Waals surface area contributed by atoms with Crippen LogP contribution in [0.25, 0.3) is 0 Å². The van der Waals surface area contributed by atoms with Gasteiger partial charge in [0.15, 0.2) is 0 Å². The molecular weight excluding hydrogens is 186 g/mol. The zero-order chi connectivity index (χ0) is 10.8. The summed E-state index contributed by atoms with van der Waals surface area (Å²) in [5.41, 5.74) is 1.37. The van der Waals surface area contributed by atoms with Gasteiger partial charge in [0.1, 0.15) is 11.5 Å². The van der Waals surface area contributed by atoms with Gasteiger partial charge in [-0.2, -0.15) is 0 Å². The molecule has 1 N–H and O–H groups in total. The van der Waals surface area contributed by atoms with Gasteiger partial charge in [0.25, 0.3) is 0 Å². The number of furan rings is 1. The average molecular weight is 207 g/mol. The fourth-order valence-electron chi connectivity index (χ4n) is 2.48. The molecule has 84 valence electrons. The average Bonchev–Trinajstić information content (AvgIpc) is 2.41. The minimum absolute atomic E-state index is 0.515. The second kappa shape index (κ2) is 4.40. The Hall–Kier alpha value is -0.760. The SMILES string of the molecule is CCNC(c1cc(C)oc1C)C1CCC1. The first-order valence-corrected chi connectivity index (χ1v) is 6.02. The minimum atomic E-state index is 0.515. The maximum absolute atomic E-state index is 5.62. The van der Waals surface area contributed by atoms with Crippen LogP contribution < -0.4 is 5.32 Å². The standard InChI is InChI=1S/C13H21NO/c1-4-14-13(11-6-5-7-11)12-8-9(2)15-10(12)3/h8,11,13-14H,4-7H2,1-3H3. The van der Waals surface area contributed by atoms with Gasteiger partial charge in [0, 0.05) is 11.6 Å². The molecule has 1 fully saturated rings. The van der Waals surface area contributed by atoms with Crippen LogP contribution in [0.15, 0.2) is 10.5 Å². The van der Waals surface area contributed by atoms with Crippen molar-refractivity contribution in [3.05, 3.63) is 23.2 Å². The van der Waals surface area contributed by atoms with Crippen LogP contribution in [0.3, 0.4) is 0 Å². The lowest BCUT2D eigenvalue weighted by molar-refractivity contribution is 0.231. The number of rotatable bonds is 4. The molecule has 0 amide bonds. The van der Waals surface area contributed by atoms with Crippen LogP contribution in [-0.2, 0) is 0 Å². The Balaban J connectivity index is 2.19. The Labute approximate surface area is 92.1 Å². The molecule has 1 atom stereocenters. The van der Waals surface area contributed by atoms with Gasteiger partial charge < -0.3 is 9.73 Å². The van der Waals surface area contributed by atoms with E-state index >= 15 is 0 Å². The molecule has 2 rings (SSSR count). The van der Waals surface area contributed by atoms with Gasteiger partial charge in [-0.3, -0.25) is 0 Å². The summed E-state index contributed by atoms with van der Waals surface area (Å²) in [6.45, 7) is 7.31. The van der Waals surface area contributed by atoms with E-state index in [1.54, 1.807) is 0 Å². The summed E-state index contributed by atoms with van der Waals surface area (Å²) in [4.78, 5) is 0. The predicted octanol–water partition coefficient (Wildman–Crippen LogP) is 3.35. The van der Waals surface area contributed by atoms with Crippen molar-refractivity contribution in [2.75, 3.05) is 6.54 Å². The van der Waals surface area contributed by atoms with Crippen molar-refractivity contribution >= 4 is 0 Å². The molecule has 1 saturated carbocycles. The molecule has 2 nitrogen and oxygen atoms in total. The van der Waals surface area contributed by atoms with Crippen molar-refractivity contribution in [2.24, 2.45) is 5.92 Å². The third-order valence-electron chi connectivity index (χ3n) is 3.46. The van der Waals surface area contributed by atoms with E-state index in [1.165, 1.54) is 24.8 Å². The molecule has 1 aromatic rings. The van der Waals surface area contributed by atoms with E-state index < -0.39 is 0 Å². The van der Waals surface area contributed by atoms with Crippen LogP contribution in [0.2, 0.25) is 0 Å². The predicted molar refractivity (Wildman–Crippen MR) is 61.9 cm³/mol. The van der Waals surface area contributed by atoms with Crippen molar-refractivity contribution in [3.8, 4) is 0 Å². The molecule has 0 aromatic carbocycles. The van der Waals surface area contributed by atoms with E-state index in [-0.39, 0.29) is 0 Å². The highest BCUT2D eigenvalue weighted by molar-refractivity contribution is 5.25. The van der Waals surface area contributed by atoms with E-state index in [0.29, 0.717) is 6.04 Å². The zero-order valence-electron chi connectivity index (χ0n) is 9.97. The molecule has 1 unspecified atom stereocenters. The molecule has 1 heterocycles. The summed E-state index contributed by atoms with van der Waals surface area (Å²) in [7, 11) is 0.